The molecule has 0 saturated carbocycles. The van der Waals surface area contributed by atoms with Crippen molar-refractivity contribution in [3.8, 4) is 5.75 Å². The van der Waals surface area contributed by atoms with Gasteiger partial charge in [0.15, 0.2) is 0 Å². The number of nitrogens with zero attached hydrogens (tertiary/aromatic N) is 2. The van der Waals surface area contributed by atoms with Crippen LogP contribution in [0, 0.1) is 0 Å². The standard InChI is InChI=1S/C20H22N2O3/c1-20(2)22(18(23)8-7-14-9-11-21-12-10-14)19-15-5-3-4-6-16(15)24-13-17(19)25-20/h3-6,9-12,17,19H,7-8,13H2,1-2H3/t17-,19+/m1/s1. The molecule has 1 aromatic carbocycles. The molecule has 1 saturated heterocycles. The molecular formula is C20H22N2O3. The molecule has 1 aromatic heterocycles. The summed E-state index contributed by atoms with van der Waals surface area (Å²) in [5.74, 6) is 0.947. The molecular weight excluding hydrogens is 316 g/mol. The van der Waals surface area contributed by atoms with Gasteiger partial charge in [-0.25, -0.2) is 0 Å². The number of hydrogen-bond donors (Lipinski definition) is 0. The number of aryl methyl sites for hydroxylation is 1. The first-order chi connectivity index (χ1) is 12.1. The number of carbonyl (C=O) groups is 1. The van der Waals surface area contributed by atoms with Crippen LogP contribution in [0.15, 0.2) is 48.8 Å². The molecule has 3 heterocycles. The maximum absolute atomic E-state index is 13.1. The largest absolute Gasteiger partial charge is 0.490 e. The van der Waals surface area contributed by atoms with E-state index in [1.807, 2.05) is 55.1 Å². The third kappa shape index (κ3) is 2.89. The van der Waals surface area contributed by atoms with Crippen LogP contribution in [0.3, 0.4) is 0 Å². The lowest BCUT2D eigenvalue weighted by Gasteiger charge is -2.35. The van der Waals surface area contributed by atoms with E-state index in [0.717, 1.165) is 16.9 Å². The van der Waals surface area contributed by atoms with E-state index in [-0.39, 0.29) is 18.1 Å². The molecule has 0 aliphatic carbocycles. The lowest BCUT2D eigenvalue weighted by atomic mass is 9.96. The van der Waals surface area contributed by atoms with Crippen molar-refractivity contribution in [2.45, 2.75) is 44.6 Å². The van der Waals surface area contributed by atoms with E-state index in [4.69, 9.17) is 9.47 Å². The minimum atomic E-state index is -0.647. The van der Waals surface area contributed by atoms with Crippen LogP contribution in [0.4, 0.5) is 0 Å². The molecule has 2 atom stereocenters. The molecule has 0 radical (unpaired) electrons. The van der Waals surface area contributed by atoms with Crippen LogP contribution in [0.25, 0.3) is 0 Å². The predicted molar refractivity (Wildman–Crippen MR) is 93.0 cm³/mol. The summed E-state index contributed by atoms with van der Waals surface area (Å²) >= 11 is 0. The molecule has 2 aromatic rings. The third-order valence-electron chi connectivity index (χ3n) is 4.94. The Bertz CT molecular complexity index is 776. The number of fused-ring (bicyclic) bond motifs is 3. The van der Waals surface area contributed by atoms with Gasteiger partial charge in [0.1, 0.15) is 24.2 Å². The van der Waals surface area contributed by atoms with Crippen LogP contribution in [0.2, 0.25) is 0 Å². The van der Waals surface area contributed by atoms with E-state index in [9.17, 15) is 4.79 Å². The Morgan fingerprint density at radius 2 is 2.00 bits per heavy atom. The van der Waals surface area contributed by atoms with Gasteiger partial charge in [-0.1, -0.05) is 18.2 Å². The zero-order valence-corrected chi connectivity index (χ0v) is 14.5. The maximum atomic E-state index is 13.1. The second-order valence-corrected chi connectivity index (χ2v) is 7.02. The molecule has 5 heteroatoms. The average Bonchev–Trinajstić information content (AvgIpc) is 2.91. The molecule has 5 nitrogen and oxygen atoms in total. The number of pyridine rings is 1. The zero-order chi connectivity index (χ0) is 17.4. The molecule has 2 aliphatic rings. The summed E-state index contributed by atoms with van der Waals surface area (Å²) in [5.41, 5.74) is 1.50. The first-order valence-corrected chi connectivity index (χ1v) is 8.67. The summed E-state index contributed by atoms with van der Waals surface area (Å²) in [4.78, 5) is 19.0. The van der Waals surface area contributed by atoms with Gasteiger partial charge in [0.2, 0.25) is 5.91 Å². The summed E-state index contributed by atoms with van der Waals surface area (Å²) in [5, 5.41) is 0. The number of amides is 1. The minimum absolute atomic E-state index is 0.0927. The fourth-order valence-electron chi connectivity index (χ4n) is 3.86. The average molecular weight is 338 g/mol. The van der Waals surface area contributed by atoms with Crippen LogP contribution >= 0.6 is 0 Å². The third-order valence-corrected chi connectivity index (χ3v) is 4.94. The SMILES string of the molecule is CC1(C)O[C@@H]2COc3ccccc3[C@@H]2N1C(=O)CCc1ccncc1. The highest BCUT2D eigenvalue weighted by atomic mass is 16.6. The van der Waals surface area contributed by atoms with Crippen molar-refractivity contribution in [3.05, 3.63) is 59.9 Å². The van der Waals surface area contributed by atoms with Crippen molar-refractivity contribution in [1.82, 2.24) is 9.88 Å². The van der Waals surface area contributed by atoms with Gasteiger partial charge in [-0.15, -0.1) is 0 Å². The van der Waals surface area contributed by atoms with Gasteiger partial charge in [0.25, 0.3) is 0 Å². The van der Waals surface area contributed by atoms with E-state index in [2.05, 4.69) is 4.98 Å². The van der Waals surface area contributed by atoms with Gasteiger partial charge >= 0.3 is 0 Å². The maximum Gasteiger partial charge on any atom is 0.225 e. The van der Waals surface area contributed by atoms with Crippen molar-refractivity contribution in [3.63, 3.8) is 0 Å². The molecule has 0 unspecified atom stereocenters. The lowest BCUT2D eigenvalue weighted by Crippen LogP contribution is -2.45. The Labute approximate surface area is 147 Å². The highest BCUT2D eigenvalue weighted by molar-refractivity contribution is 5.78. The topological polar surface area (TPSA) is 51.7 Å². The van der Waals surface area contributed by atoms with Crippen LogP contribution in [0.1, 0.15) is 37.4 Å². The van der Waals surface area contributed by atoms with Gasteiger partial charge in [0.05, 0.1) is 6.04 Å². The summed E-state index contributed by atoms with van der Waals surface area (Å²) in [7, 11) is 0. The number of benzene rings is 1. The highest BCUT2D eigenvalue weighted by Gasteiger charge is 2.52. The Kier molecular flexibility index (Phi) is 3.96. The molecule has 0 spiro atoms. The second-order valence-electron chi connectivity index (χ2n) is 7.02. The van der Waals surface area contributed by atoms with Crippen molar-refractivity contribution in [1.29, 1.82) is 0 Å². The van der Waals surface area contributed by atoms with Gasteiger partial charge in [0, 0.05) is 24.4 Å². The molecule has 25 heavy (non-hydrogen) atoms. The van der Waals surface area contributed by atoms with Gasteiger partial charge in [-0.2, -0.15) is 0 Å². The monoisotopic (exact) mass is 338 g/mol. The zero-order valence-electron chi connectivity index (χ0n) is 14.5. The number of para-hydroxylation sites is 1. The van der Waals surface area contributed by atoms with Crippen LogP contribution in [-0.4, -0.2) is 34.2 Å². The fraction of sp³-hybridized carbons (Fsp3) is 0.400. The van der Waals surface area contributed by atoms with Gasteiger partial charge < -0.3 is 14.4 Å². The van der Waals surface area contributed by atoms with E-state index in [1.165, 1.54) is 0 Å². The summed E-state index contributed by atoms with van der Waals surface area (Å²) in [6.45, 7) is 4.38. The second kappa shape index (κ2) is 6.15. The van der Waals surface area contributed by atoms with Crippen molar-refractivity contribution < 1.29 is 14.3 Å². The summed E-state index contributed by atoms with van der Waals surface area (Å²) in [6.07, 6.45) is 4.53. The van der Waals surface area contributed by atoms with Crippen molar-refractivity contribution >= 4 is 5.91 Å². The molecule has 1 amide bonds. The fourth-order valence-corrected chi connectivity index (χ4v) is 3.86. The normalized spacial score (nSPS) is 23.5. The van der Waals surface area contributed by atoms with Gasteiger partial charge in [-0.3, -0.25) is 9.78 Å². The van der Waals surface area contributed by atoms with Crippen LogP contribution in [0.5, 0.6) is 5.75 Å². The quantitative estimate of drug-likeness (QED) is 0.863. The number of carbonyl (C=O) groups excluding carboxylic acids is 1. The molecule has 130 valence electrons. The predicted octanol–water partition coefficient (Wildman–Crippen LogP) is 3.11. The first kappa shape index (κ1) is 16.1. The Morgan fingerprint density at radius 1 is 1.24 bits per heavy atom. The number of ether oxygens (including phenoxy) is 2. The first-order valence-electron chi connectivity index (χ1n) is 8.67. The van der Waals surface area contributed by atoms with E-state index in [0.29, 0.717) is 19.4 Å². The Hall–Kier alpha value is -2.40. The van der Waals surface area contributed by atoms with Crippen LogP contribution in [-0.2, 0) is 16.0 Å². The number of aromatic nitrogens is 1. The minimum Gasteiger partial charge on any atom is -0.490 e. The van der Waals surface area contributed by atoms with Gasteiger partial charge in [-0.05, 0) is 44.0 Å². The Balaban J connectivity index is 1.60. The van der Waals surface area contributed by atoms with E-state index in [1.54, 1.807) is 12.4 Å². The van der Waals surface area contributed by atoms with E-state index < -0.39 is 5.72 Å². The number of rotatable bonds is 3. The van der Waals surface area contributed by atoms with Crippen molar-refractivity contribution in [2.24, 2.45) is 0 Å². The molecule has 0 bridgehead atoms. The molecule has 1 fully saturated rings. The van der Waals surface area contributed by atoms with E-state index >= 15 is 0 Å². The lowest BCUT2D eigenvalue weighted by molar-refractivity contribution is -0.147. The van der Waals surface area contributed by atoms with Crippen molar-refractivity contribution in [2.75, 3.05) is 6.61 Å². The summed E-state index contributed by atoms with van der Waals surface area (Å²) < 4.78 is 12.0. The smallest absolute Gasteiger partial charge is 0.225 e. The highest BCUT2D eigenvalue weighted by Crippen LogP contribution is 2.47. The number of hydrogen-bond acceptors (Lipinski definition) is 4. The Morgan fingerprint density at radius 3 is 2.80 bits per heavy atom. The summed E-state index contributed by atoms with van der Waals surface area (Å²) in [6, 6.07) is 11.7. The molecule has 2 aliphatic heterocycles. The molecule has 4 rings (SSSR count). The van der Waals surface area contributed by atoms with Crippen LogP contribution < -0.4 is 4.74 Å². The molecule has 0 N–H and O–H groups in total.